The molecular weight excluding hydrogens is 1500 g/mol. The van der Waals surface area contributed by atoms with E-state index in [0.717, 1.165) is 144 Å². The largest absolute Gasteiger partial charge is 0.455 e. The SMILES string of the molecule is c1ccc(-c2ccc(-c3cc(-c4ccc5c(c4)c4ccccc4n5-c4ccc(-c5ccccc5)cc4)cc(-c4cccc5c4oc4c(-c6ccccc6)cccc45)c3)cc2)cc1.c1ccc(-c2ccc(-n3c4ccccc4c4cc(-c5cc(-c6cccc(-c7ccccc7)c6)cc(-c6cccc7c6oc6c(-c8ccccc8)cccc67)c5)ccc43)cc2)cc1. The van der Waals surface area contributed by atoms with Crippen LogP contribution >= 0.6 is 0 Å². The molecule has 0 fully saturated rings. The van der Waals surface area contributed by atoms with E-state index in [0.29, 0.717) is 0 Å². The molecule has 124 heavy (non-hydrogen) atoms. The van der Waals surface area contributed by atoms with E-state index in [1.807, 2.05) is 0 Å². The summed E-state index contributed by atoms with van der Waals surface area (Å²) in [6.45, 7) is 0. The van der Waals surface area contributed by atoms with Crippen LogP contribution in [-0.4, -0.2) is 9.13 Å². The first-order chi connectivity index (χ1) is 61.5. The lowest BCUT2D eigenvalue weighted by Crippen LogP contribution is -1.93. The van der Waals surface area contributed by atoms with Gasteiger partial charge in [-0.1, -0.05) is 370 Å². The third-order valence-corrected chi connectivity index (χ3v) is 24.8. The number of fused-ring (bicyclic) bond motifs is 12. The van der Waals surface area contributed by atoms with E-state index in [9.17, 15) is 0 Å². The second-order valence-corrected chi connectivity index (χ2v) is 32.1. The van der Waals surface area contributed by atoms with Crippen molar-refractivity contribution in [1.29, 1.82) is 0 Å². The van der Waals surface area contributed by atoms with Crippen molar-refractivity contribution in [3.05, 3.63) is 473 Å². The molecule has 0 amide bonds. The third-order valence-electron chi connectivity index (χ3n) is 24.8. The molecule has 4 aromatic heterocycles. The van der Waals surface area contributed by atoms with Crippen molar-refractivity contribution in [3.8, 4) is 145 Å². The lowest BCUT2D eigenvalue weighted by Gasteiger charge is -2.13. The van der Waals surface area contributed by atoms with Gasteiger partial charge in [0.25, 0.3) is 0 Å². The minimum Gasteiger partial charge on any atom is -0.455 e. The molecular formula is C120H78N2O2. The molecule has 0 atom stereocenters. The highest BCUT2D eigenvalue weighted by Crippen LogP contribution is 2.47. The Hall–Kier alpha value is -16.4. The molecule has 0 unspecified atom stereocenters. The highest BCUT2D eigenvalue weighted by Gasteiger charge is 2.23. The van der Waals surface area contributed by atoms with Crippen molar-refractivity contribution in [3.63, 3.8) is 0 Å². The van der Waals surface area contributed by atoms with Gasteiger partial charge in [0.15, 0.2) is 0 Å². The summed E-state index contributed by atoms with van der Waals surface area (Å²) in [5.41, 5.74) is 38.3. The maximum absolute atomic E-state index is 6.97. The quantitative estimate of drug-likeness (QED) is 0.109. The Labute approximate surface area is 718 Å². The Kier molecular flexibility index (Phi) is 18.2. The van der Waals surface area contributed by atoms with Gasteiger partial charge < -0.3 is 18.0 Å². The summed E-state index contributed by atoms with van der Waals surface area (Å²) in [4.78, 5) is 0. The number of para-hydroxylation sites is 6. The Morgan fingerprint density at radius 1 is 0.121 bits per heavy atom. The molecule has 0 aliphatic heterocycles. The van der Waals surface area contributed by atoms with Crippen LogP contribution in [0.4, 0.5) is 0 Å². The maximum atomic E-state index is 6.97. The summed E-state index contributed by atoms with van der Waals surface area (Å²) in [7, 11) is 0. The van der Waals surface area contributed by atoms with Crippen LogP contribution in [-0.2, 0) is 0 Å². The first kappa shape index (κ1) is 72.8. The zero-order valence-corrected chi connectivity index (χ0v) is 67.7. The molecule has 0 N–H and O–H groups in total. The average molecular weight is 1580 g/mol. The van der Waals surface area contributed by atoms with Crippen LogP contribution in [0.1, 0.15) is 0 Å². The summed E-state index contributed by atoms with van der Waals surface area (Å²) in [6.07, 6.45) is 0. The standard InChI is InChI=1S/2C60H39NO/c1-4-15-40(16-5-1)42-29-32-50(33-30-42)61-57-28-11-10-23-53(57)56-39-46(31-34-58(56)61)48-36-47(45-22-12-21-44(35-45)41-17-6-2-7-18-41)37-49(38-48)52-25-14-27-55-54-26-13-24-51(59(54)62-60(52)55)43-19-8-3-9-20-43;1-4-14-40(15-5-1)42-26-28-44(29-27-42)47-36-48(38-49(37-47)52-22-13-24-55-54-23-12-21-51(59(54)62-60(52)55)45-18-8-3-9-19-45)46-32-35-58-56(39-46)53-20-10-11-25-57(53)61(58)50-33-30-43(31-34-50)41-16-6-2-7-17-41/h2*1-39H. The predicted octanol–water partition coefficient (Wildman–Crippen LogP) is 33.4. The number of rotatable bonds is 14. The molecule has 0 saturated heterocycles. The van der Waals surface area contributed by atoms with Gasteiger partial charge in [0.05, 0.1) is 22.1 Å². The summed E-state index contributed by atoms with van der Waals surface area (Å²) >= 11 is 0. The molecule has 580 valence electrons. The van der Waals surface area contributed by atoms with Crippen molar-refractivity contribution in [2.75, 3.05) is 0 Å². The van der Waals surface area contributed by atoms with Gasteiger partial charge in [-0.25, -0.2) is 0 Å². The fraction of sp³-hybridized carbons (Fsp3) is 0. The van der Waals surface area contributed by atoms with Crippen LogP contribution in [0.25, 0.3) is 232 Å². The van der Waals surface area contributed by atoms with E-state index >= 15 is 0 Å². The van der Waals surface area contributed by atoms with E-state index in [4.69, 9.17) is 8.83 Å². The molecule has 0 bridgehead atoms. The maximum Gasteiger partial charge on any atom is 0.143 e. The number of aromatic nitrogens is 2. The van der Waals surface area contributed by atoms with Crippen LogP contribution < -0.4 is 0 Å². The normalized spacial score (nSPS) is 11.5. The van der Waals surface area contributed by atoms with Crippen molar-refractivity contribution in [2.24, 2.45) is 0 Å². The van der Waals surface area contributed by atoms with Crippen LogP contribution in [0.2, 0.25) is 0 Å². The summed E-state index contributed by atoms with van der Waals surface area (Å²) < 4.78 is 18.7. The monoisotopic (exact) mass is 1580 g/mol. The van der Waals surface area contributed by atoms with Crippen molar-refractivity contribution in [1.82, 2.24) is 9.13 Å². The number of nitrogens with zero attached hydrogens (tertiary/aromatic N) is 2. The minimum absolute atomic E-state index is 0.892. The Morgan fingerprint density at radius 2 is 0.331 bits per heavy atom. The van der Waals surface area contributed by atoms with Gasteiger partial charge in [-0.05, 0) is 214 Å². The second-order valence-electron chi connectivity index (χ2n) is 32.1. The van der Waals surface area contributed by atoms with E-state index in [1.54, 1.807) is 0 Å². The number of benzene rings is 20. The predicted molar refractivity (Wildman–Crippen MR) is 521 cm³/mol. The van der Waals surface area contributed by atoms with E-state index in [2.05, 4.69) is 482 Å². The molecule has 24 rings (SSSR count). The van der Waals surface area contributed by atoms with Gasteiger partial charge in [0.1, 0.15) is 22.3 Å². The molecule has 0 radical (unpaired) electrons. The smallest absolute Gasteiger partial charge is 0.143 e. The van der Waals surface area contributed by atoms with Crippen molar-refractivity contribution >= 4 is 87.5 Å². The molecule has 4 heteroatoms. The highest BCUT2D eigenvalue weighted by molar-refractivity contribution is 6.16. The van der Waals surface area contributed by atoms with Crippen molar-refractivity contribution < 1.29 is 8.83 Å². The first-order valence-corrected chi connectivity index (χ1v) is 42.5. The van der Waals surface area contributed by atoms with E-state index in [1.165, 1.54) is 88.1 Å². The Bertz CT molecular complexity index is 8150. The molecule has 4 heterocycles. The summed E-state index contributed by atoms with van der Waals surface area (Å²) in [6, 6.07) is 171. The van der Waals surface area contributed by atoms with Gasteiger partial charge in [-0.15, -0.1) is 0 Å². The summed E-state index contributed by atoms with van der Waals surface area (Å²) in [5.74, 6) is 0. The third kappa shape index (κ3) is 13.2. The number of hydrogen-bond donors (Lipinski definition) is 0. The Morgan fingerprint density at radius 3 is 0.685 bits per heavy atom. The fourth-order valence-corrected chi connectivity index (χ4v) is 18.7. The van der Waals surface area contributed by atoms with Gasteiger partial charge in [-0.3, -0.25) is 0 Å². The first-order valence-electron chi connectivity index (χ1n) is 42.5. The van der Waals surface area contributed by atoms with Crippen LogP contribution in [0, 0.1) is 0 Å². The fourth-order valence-electron chi connectivity index (χ4n) is 18.7. The zero-order valence-electron chi connectivity index (χ0n) is 67.7. The molecule has 4 nitrogen and oxygen atoms in total. The van der Waals surface area contributed by atoms with Crippen LogP contribution in [0.3, 0.4) is 0 Å². The topological polar surface area (TPSA) is 36.1 Å². The number of hydrogen-bond acceptors (Lipinski definition) is 2. The lowest BCUT2D eigenvalue weighted by molar-refractivity contribution is 0.670. The van der Waals surface area contributed by atoms with Gasteiger partial charge >= 0.3 is 0 Å². The minimum atomic E-state index is 0.892. The van der Waals surface area contributed by atoms with E-state index < -0.39 is 0 Å². The highest BCUT2D eigenvalue weighted by atomic mass is 16.3. The average Bonchev–Trinajstić information content (AvgIpc) is 1.59. The van der Waals surface area contributed by atoms with E-state index in [-0.39, 0.29) is 0 Å². The van der Waals surface area contributed by atoms with Crippen LogP contribution in [0.5, 0.6) is 0 Å². The summed E-state index contributed by atoms with van der Waals surface area (Å²) in [5, 5.41) is 9.35. The molecule has 0 aliphatic carbocycles. The molecule has 0 spiro atoms. The molecule has 20 aromatic carbocycles. The van der Waals surface area contributed by atoms with Crippen LogP contribution in [0.15, 0.2) is 482 Å². The van der Waals surface area contributed by atoms with Crippen molar-refractivity contribution in [2.45, 2.75) is 0 Å². The zero-order chi connectivity index (χ0) is 82.0. The van der Waals surface area contributed by atoms with Gasteiger partial charge in [0, 0.05) is 76.7 Å². The van der Waals surface area contributed by atoms with Gasteiger partial charge in [0.2, 0.25) is 0 Å². The second kappa shape index (κ2) is 31.1. The lowest BCUT2D eigenvalue weighted by atomic mass is 9.91. The Balaban J connectivity index is 0.000000143. The molecule has 24 aromatic rings. The number of furan rings is 2. The molecule has 0 saturated carbocycles. The molecule has 0 aliphatic rings. The van der Waals surface area contributed by atoms with Gasteiger partial charge in [-0.2, -0.15) is 0 Å².